The number of fused-ring (bicyclic) bond motifs is 1. The summed E-state index contributed by atoms with van der Waals surface area (Å²) in [4.78, 5) is 4.59. The van der Waals surface area contributed by atoms with Gasteiger partial charge in [-0.15, -0.1) is 11.3 Å². The smallest absolute Gasteiger partial charge is 0.281 e. The van der Waals surface area contributed by atoms with Gasteiger partial charge in [-0.25, -0.2) is 4.98 Å². The Labute approximate surface area is 119 Å². The number of nitrogens with two attached hydrogens (primary N) is 1. The minimum absolute atomic E-state index is 0.00277. The number of rotatable bonds is 3. The molecule has 3 aromatic rings. The molecule has 6 nitrogen and oxygen atoms in total. The molecule has 0 unspecified atom stereocenters. The molecule has 2 heterocycles. The van der Waals surface area contributed by atoms with Crippen LogP contribution in [0, 0.1) is 6.92 Å². The lowest BCUT2D eigenvalue weighted by Gasteiger charge is -2.08. The van der Waals surface area contributed by atoms with Crippen LogP contribution in [-0.2, 0) is 10.0 Å². The van der Waals surface area contributed by atoms with E-state index in [-0.39, 0.29) is 10.8 Å². The van der Waals surface area contributed by atoms with Crippen molar-refractivity contribution >= 4 is 37.8 Å². The first-order valence-corrected chi connectivity index (χ1v) is 8.14. The maximum atomic E-state index is 12.5. The molecule has 0 aliphatic heterocycles. The molecular weight excluding hydrogens is 296 g/mol. The van der Waals surface area contributed by atoms with Crippen molar-refractivity contribution in [3.63, 3.8) is 0 Å². The molecular formula is C12H12N4O2S2. The SMILES string of the molecule is Cc1cccc(NS(=O)(=O)c2c(N)nc3sccn23)c1. The Morgan fingerprint density at radius 3 is 2.95 bits per heavy atom. The normalized spacial score (nSPS) is 11.8. The Morgan fingerprint density at radius 2 is 2.20 bits per heavy atom. The topological polar surface area (TPSA) is 89.5 Å². The molecule has 2 aromatic heterocycles. The van der Waals surface area contributed by atoms with Crippen molar-refractivity contribution in [1.29, 1.82) is 0 Å². The van der Waals surface area contributed by atoms with Crippen LogP contribution in [0.15, 0.2) is 40.9 Å². The van der Waals surface area contributed by atoms with E-state index in [4.69, 9.17) is 5.73 Å². The van der Waals surface area contributed by atoms with Crippen LogP contribution in [0.3, 0.4) is 0 Å². The van der Waals surface area contributed by atoms with Gasteiger partial charge in [-0.1, -0.05) is 12.1 Å². The number of aryl methyl sites for hydroxylation is 1. The third-order valence-corrected chi connectivity index (χ3v) is 4.94. The lowest BCUT2D eigenvalue weighted by atomic mass is 10.2. The molecule has 0 fully saturated rings. The van der Waals surface area contributed by atoms with Gasteiger partial charge in [-0.3, -0.25) is 9.12 Å². The number of aromatic nitrogens is 2. The summed E-state index contributed by atoms with van der Waals surface area (Å²) in [5.41, 5.74) is 7.18. The van der Waals surface area contributed by atoms with E-state index in [1.54, 1.807) is 29.8 Å². The molecule has 0 saturated carbocycles. The second-order valence-electron chi connectivity index (χ2n) is 4.33. The van der Waals surface area contributed by atoms with E-state index in [1.165, 1.54) is 15.7 Å². The van der Waals surface area contributed by atoms with E-state index in [9.17, 15) is 8.42 Å². The van der Waals surface area contributed by atoms with E-state index in [0.29, 0.717) is 10.6 Å². The Hall–Kier alpha value is -2.06. The van der Waals surface area contributed by atoms with Gasteiger partial charge < -0.3 is 5.73 Å². The number of sulfonamides is 1. The van der Waals surface area contributed by atoms with Crippen molar-refractivity contribution in [2.45, 2.75) is 11.9 Å². The average Bonchev–Trinajstić information content (AvgIpc) is 2.87. The van der Waals surface area contributed by atoms with E-state index >= 15 is 0 Å². The second-order valence-corrected chi connectivity index (χ2v) is 6.80. The standard InChI is InChI=1S/C12H12N4O2S2/c1-8-3-2-4-9(7-8)15-20(17,18)11-10(13)14-12-16(11)5-6-19-12/h2-7,15H,13H2,1H3. The monoisotopic (exact) mass is 308 g/mol. The van der Waals surface area contributed by atoms with E-state index in [0.717, 1.165) is 5.56 Å². The predicted molar refractivity (Wildman–Crippen MR) is 79.5 cm³/mol. The fourth-order valence-corrected chi connectivity index (χ4v) is 4.00. The molecule has 0 radical (unpaired) electrons. The molecule has 0 spiro atoms. The summed E-state index contributed by atoms with van der Waals surface area (Å²) in [6.45, 7) is 1.89. The largest absolute Gasteiger partial charge is 0.381 e. The van der Waals surface area contributed by atoms with Crippen LogP contribution in [0.2, 0.25) is 0 Å². The first-order valence-electron chi connectivity index (χ1n) is 5.78. The lowest BCUT2D eigenvalue weighted by molar-refractivity contribution is 0.597. The zero-order valence-corrected chi connectivity index (χ0v) is 12.2. The highest BCUT2D eigenvalue weighted by atomic mass is 32.2. The fraction of sp³-hybridized carbons (Fsp3) is 0.0833. The molecule has 0 amide bonds. The van der Waals surface area contributed by atoms with Gasteiger partial charge in [0.15, 0.2) is 10.8 Å². The maximum Gasteiger partial charge on any atom is 0.281 e. The number of thiazole rings is 1. The maximum absolute atomic E-state index is 12.5. The number of hydrogen-bond donors (Lipinski definition) is 2. The Morgan fingerprint density at radius 1 is 1.40 bits per heavy atom. The van der Waals surface area contributed by atoms with Crippen molar-refractivity contribution in [2.75, 3.05) is 10.5 Å². The predicted octanol–water partition coefficient (Wildman–Crippen LogP) is 2.09. The number of nitrogen functional groups attached to an aromatic ring is 1. The van der Waals surface area contributed by atoms with Crippen LogP contribution < -0.4 is 10.5 Å². The summed E-state index contributed by atoms with van der Waals surface area (Å²) in [5, 5.41) is 1.73. The van der Waals surface area contributed by atoms with E-state index in [2.05, 4.69) is 9.71 Å². The summed E-state index contributed by atoms with van der Waals surface area (Å²) in [7, 11) is -3.78. The zero-order chi connectivity index (χ0) is 14.3. The van der Waals surface area contributed by atoms with Crippen molar-refractivity contribution in [1.82, 2.24) is 9.38 Å². The number of anilines is 2. The molecule has 104 valence electrons. The minimum Gasteiger partial charge on any atom is -0.381 e. The van der Waals surface area contributed by atoms with Gasteiger partial charge in [0.05, 0.1) is 0 Å². The van der Waals surface area contributed by atoms with Crippen molar-refractivity contribution in [2.24, 2.45) is 0 Å². The zero-order valence-electron chi connectivity index (χ0n) is 10.6. The summed E-state index contributed by atoms with van der Waals surface area (Å²) in [6.07, 6.45) is 1.63. The number of hydrogen-bond acceptors (Lipinski definition) is 5. The van der Waals surface area contributed by atoms with Crippen LogP contribution in [-0.4, -0.2) is 17.8 Å². The molecule has 3 N–H and O–H groups in total. The molecule has 0 atom stereocenters. The van der Waals surface area contributed by atoms with Gasteiger partial charge in [-0.05, 0) is 24.6 Å². The van der Waals surface area contributed by atoms with Gasteiger partial charge >= 0.3 is 0 Å². The highest BCUT2D eigenvalue weighted by Gasteiger charge is 2.24. The highest BCUT2D eigenvalue weighted by molar-refractivity contribution is 7.92. The average molecular weight is 308 g/mol. The first kappa shape index (κ1) is 12.9. The molecule has 0 saturated heterocycles. The summed E-state index contributed by atoms with van der Waals surface area (Å²) in [5.74, 6) is -0.00277. The number of nitrogens with one attached hydrogen (secondary N) is 1. The Bertz CT molecular complexity index is 880. The second kappa shape index (κ2) is 4.50. The van der Waals surface area contributed by atoms with E-state index in [1.807, 2.05) is 13.0 Å². The van der Waals surface area contributed by atoms with Crippen LogP contribution in [0.1, 0.15) is 5.56 Å². The molecule has 20 heavy (non-hydrogen) atoms. The molecule has 0 aliphatic carbocycles. The molecule has 8 heteroatoms. The van der Waals surface area contributed by atoms with Crippen molar-refractivity contribution in [3.8, 4) is 0 Å². The molecule has 0 aliphatic rings. The van der Waals surface area contributed by atoms with Gasteiger partial charge in [0, 0.05) is 17.3 Å². The van der Waals surface area contributed by atoms with Crippen molar-refractivity contribution in [3.05, 3.63) is 41.4 Å². The molecule has 0 bridgehead atoms. The van der Waals surface area contributed by atoms with Crippen LogP contribution in [0.5, 0.6) is 0 Å². The van der Waals surface area contributed by atoms with Crippen LogP contribution >= 0.6 is 11.3 Å². The van der Waals surface area contributed by atoms with Gasteiger partial charge in [0.2, 0.25) is 5.03 Å². The number of imidazole rings is 1. The summed E-state index contributed by atoms with van der Waals surface area (Å²) in [6, 6.07) is 7.11. The third-order valence-electron chi connectivity index (χ3n) is 2.77. The lowest BCUT2D eigenvalue weighted by Crippen LogP contribution is -2.16. The highest BCUT2D eigenvalue weighted by Crippen LogP contribution is 2.25. The number of benzene rings is 1. The molecule has 3 rings (SSSR count). The summed E-state index contributed by atoms with van der Waals surface area (Å²) < 4.78 is 28.9. The first-order chi connectivity index (χ1) is 9.47. The Kier molecular flexibility index (Phi) is 2.91. The third kappa shape index (κ3) is 2.12. The van der Waals surface area contributed by atoms with Gasteiger partial charge in [0.1, 0.15) is 0 Å². The van der Waals surface area contributed by atoms with E-state index < -0.39 is 10.0 Å². The van der Waals surface area contributed by atoms with Crippen molar-refractivity contribution < 1.29 is 8.42 Å². The molecule has 1 aromatic carbocycles. The van der Waals surface area contributed by atoms with Crippen LogP contribution in [0.4, 0.5) is 11.5 Å². The fourth-order valence-electron chi connectivity index (χ4n) is 1.96. The number of nitrogens with zero attached hydrogens (tertiary/aromatic N) is 2. The quantitative estimate of drug-likeness (QED) is 0.775. The van der Waals surface area contributed by atoms with Crippen LogP contribution in [0.25, 0.3) is 4.96 Å². The minimum atomic E-state index is -3.78. The summed E-state index contributed by atoms with van der Waals surface area (Å²) >= 11 is 1.33. The van der Waals surface area contributed by atoms with Gasteiger partial charge in [-0.2, -0.15) is 8.42 Å². The Balaban J connectivity index is 2.08. The van der Waals surface area contributed by atoms with Gasteiger partial charge in [0.25, 0.3) is 10.0 Å².